The molecule has 2 aromatic carbocycles. The maximum atomic E-state index is 12.3. The number of rotatable bonds is 6. The second-order valence-corrected chi connectivity index (χ2v) is 11.9. The fourth-order valence-electron chi connectivity index (χ4n) is 6.76. The summed E-state index contributed by atoms with van der Waals surface area (Å²) >= 11 is 0. The number of piperazine rings is 1. The van der Waals surface area contributed by atoms with Crippen molar-refractivity contribution in [3.8, 4) is 11.8 Å². The molecule has 1 aromatic heterocycles. The van der Waals surface area contributed by atoms with Crippen LogP contribution in [0.1, 0.15) is 31.5 Å². The molecule has 3 aliphatic rings. The summed E-state index contributed by atoms with van der Waals surface area (Å²) in [4.78, 5) is 31.1. The molecule has 41 heavy (non-hydrogen) atoms. The number of nitrogens with zero attached hydrogens (tertiary/aromatic N) is 6. The highest BCUT2D eigenvalue weighted by molar-refractivity contribution is 5.95. The summed E-state index contributed by atoms with van der Waals surface area (Å²) in [6, 6.07) is 12.7. The van der Waals surface area contributed by atoms with Crippen molar-refractivity contribution < 1.29 is 14.6 Å². The van der Waals surface area contributed by atoms with Crippen molar-refractivity contribution in [3.05, 3.63) is 60.3 Å². The summed E-state index contributed by atoms with van der Waals surface area (Å²) in [7, 11) is 2.15. The minimum atomic E-state index is -0.0332. The van der Waals surface area contributed by atoms with Gasteiger partial charge in [0.1, 0.15) is 18.2 Å². The summed E-state index contributed by atoms with van der Waals surface area (Å²) < 4.78 is 6.32. The number of ether oxygens (including phenoxy) is 1. The lowest BCUT2D eigenvalue weighted by molar-refractivity contribution is -0.126. The van der Waals surface area contributed by atoms with Crippen LogP contribution in [0.25, 0.3) is 10.8 Å². The molecule has 1 unspecified atom stereocenters. The summed E-state index contributed by atoms with van der Waals surface area (Å²) in [5, 5.41) is 12.6. The van der Waals surface area contributed by atoms with Crippen molar-refractivity contribution in [2.24, 2.45) is 5.92 Å². The SMILES string of the molecule is C=CC(=O)N1CCN(c2nc(OC[C@@H]3CC(C)CN3C)nc3c2CCN(c2cc(O)cc4ccccc24)C3)[C@@H](C)C1. The zero-order valence-electron chi connectivity index (χ0n) is 24.3. The first-order chi connectivity index (χ1) is 19.8. The van der Waals surface area contributed by atoms with Gasteiger partial charge in [-0.05, 0) is 50.3 Å². The number of aromatic nitrogens is 2. The van der Waals surface area contributed by atoms with Crippen molar-refractivity contribution in [1.82, 2.24) is 19.8 Å². The van der Waals surface area contributed by atoms with Crippen molar-refractivity contribution in [2.45, 2.75) is 45.3 Å². The Bertz CT molecular complexity index is 1460. The Hall–Kier alpha value is -3.85. The molecule has 3 atom stereocenters. The van der Waals surface area contributed by atoms with E-state index in [0.29, 0.717) is 50.8 Å². The smallest absolute Gasteiger partial charge is 0.318 e. The van der Waals surface area contributed by atoms with Crippen molar-refractivity contribution in [3.63, 3.8) is 0 Å². The molecule has 3 aliphatic heterocycles. The largest absolute Gasteiger partial charge is 0.508 e. The summed E-state index contributed by atoms with van der Waals surface area (Å²) in [6.45, 7) is 13.0. The van der Waals surface area contributed by atoms with Gasteiger partial charge in [0.15, 0.2) is 0 Å². The number of carbonyl (C=O) groups is 1. The van der Waals surface area contributed by atoms with Gasteiger partial charge in [0.2, 0.25) is 5.91 Å². The number of amides is 1. The Morgan fingerprint density at radius 1 is 1.15 bits per heavy atom. The van der Waals surface area contributed by atoms with Crippen LogP contribution in [0.2, 0.25) is 0 Å². The standard InChI is InChI=1S/C32H40N6O3/c1-5-30(40)37-12-13-38(22(3)18-37)31-27-10-11-36(29-16-25(39)15-23-8-6-7-9-26(23)29)19-28(27)33-32(34-31)41-20-24-14-21(2)17-35(24)4/h5-9,15-16,21-22,24,39H,1,10-14,17-20H2,2-4H3/t21?,22-,24-/m0/s1. The van der Waals surface area contributed by atoms with E-state index in [1.807, 2.05) is 35.2 Å². The number of hydrogen-bond donors (Lipinski definition) is 1. The molecule has 0 aliphatic carbocycles. The molecule has 6 rings (SSSR count). The number of carbonyl (C=O) groups excluding carboxylic acids is 1. The topological polar surface area (TPSA) is 85.3 Å². The first-order valence-electron chi connectivity index (χ1n) is 14.7. The van der Waals surface area contributed by atoms with Gasteiger partial charge >= 0.3 is 6.01 Å². The van der Waals surface area contributed by atoms with E-state index in [1.165, 1.54) is 6.08 Å². The number of phenols is 1. The van der Waals surface area contributed by atoms with Crippen LogP contribution in [0.15, 0.2) is 49.1 Å². The molecule has 1 N–H and O–H groups in total. The molecule has 1 amide bonds. The van der Waals surface area contributed by atoms with Gasteiger partial charge in [-0.1, -0.05) is 37.8 Å². The number of phenolic OH excluding ortho intramolecular Hbond substituents is 1. The Kier molecular flexibility index (Phi) is 7.46. The van der Waals surface area contributed by atoms with Crippen LogP contribution in [0, 0.1) is 5.92 Å². The molecule has 9 nitrogen and oxygen atoms in total. The van der Waals surface area contributed by atoms with Crippen molar-refractivity contribution in [1.29, 1.82) is 0 Å². The highest BCUT2D eigenvalue weighted by Gasteiger charge is 2.33. The van der Waals surface area contributed by atoms with Gasteiger partial charge in [-0.25, -0.2) is 0 Å². The van der Waals surface area contributed by atoms with E-state index in [9.17, 15) is 9.90 Å². The molecular formula is C32H40N6O3. The molecule has 2 saturated heterocycles. The van der Waals surface area contributed by atoms with Gasteiger partial charge in [0, 0.05) is 67.5 Å². The van der Waals surface area contributed by atoms with Gasteiger partial charge in [-0.2, -0.15) is 9.97 Å². The third-order valence-electron chi connectivity index (χ3n) is 8.88. The van der Waals surface area contributed by atoms with E-state index >= 15 is 0 Å². The second-order valence-electron chi connectivity index (χ2n) is 11.9. The minimum Gasteiger partial charge on any atom is -0.508 e. The van der Waals surface area contributed by atoms with E-state index in [2.05, 4.69) is 48.2 Å². The molecular weight excluding hydrogens is 516 g/mol. The molecule has 0 bridgehead atoms. The van der Waals surface area contributed by atoms with E-state index in [4.69, 9.17) is 14.7 Å². The normalized spacial score (nSPS) is 23.1. The highest BCUT2D eigenvalue weighted by Crippen LogP contribution is 2.37. The summed E-state index contributed by atoms with van der Waals surface area (Å²) in [5.41, 5.74) is 3.09. The van der Waals surface area contributed by atoms with E-state index in [1.54, 1.807) is 0 Å². The third kappa shape index (κ3) is 5.43. The highest BCUT2D eigenvalue weighted by atomic mass is 16.5. The van der Waals surface area contributed by atoms with Crippen LogP contribution in [0.3, 0.4) is 0 Å². The van der Waals surface area contributed by atoms with Crippen LogP contribution in [0.5, 0.6) is 11.8 Å². The Morgan fingerprint density at radius 3 is 2.73 bits per heavy atom. The van der Waals surface area contributed by atoms with Crippen LogP contribution in [-0.2, 0) is 17.8 Å². The molecule has 9 heteroatoms. The van der Waals surface area contributed by atoms with Crippen LogP contribution in [-0.4, -0.2) is 89.2 Å². The zero-order chi connectivity index (χ0) is 28.7. The predicted octanol–water partition coefficient (Wildman–Crippen LogP) is 3.84. The number of likely N-dealkylation sites (tertiary alicyclic amines) is 1. The number of anilines is 2. The first-order valence-corrected chi connectivity index (χ1v) is 14.7. The van der Waals surface area contributed by atoms with E-state index < -0.39 is 0 Å². The lowest BCUT2D eigenvalue weighted by Gasteiger charge is -2.42. The van der Waals surface area contributed by atoms with Crippen molar-refractivity contribution in [2.75, 3.05) is 56.2 Å². The van der Waals surface area contributed by atoms with Gasteiger partial charge in [0.05, 0.1) is 12.2 Å². The molecule has 4 heterocycles. The second kappa shape index (κ2) is 11.2. The summed E-state index contributed by atoms with van der Waals surface area (Å²) in [6.07, 6.45) is 3.26. The Morgan fingerprint density at radius 2 is 1.98 bits per heavy atom. The van der Waals surface area contributed by atoms with Crippen molar-refractivity contribution >= 4 is 28.2 Å². The molecule has 2 fully saturated rings. The number of benzene rings is 2. The molecule has 0 radical (unpaired) electrons. The fourth-order valence-corrected chi connectivity index (χ4v) is 6.76. The monoisotopic (exact) mass is 556 g/mol. The zero-order valence-corrected chi connectivity index (χ0v) is 24.3. The van der Waals surface area contributed by atoms with Crippen LogP contribution >= 0.6 is 0 Å². The number of fused-ring (bicyclic) bond motifs is 2. The van der Waals surface area contributed by atoms with Gasteiger partial charge < -0.3 is 24.5 Å². The van der Waals surface area contributed by atoms with E-state index in [-0.39, 0.29) is 17.7 Å². The average Bonchev–Trinajstić information content (AvgIpc) is 3.30. The molecule has 3 aromatic rings. The third-order valence-corrected chi connectivity index (χ3v) is 8.88. The van der Waals surface area contributed by atoms with Gasteiger partial charge in [0.25, 0.3) is 0 Å². The maximum absolute atomic E-state index is 12.3. The minimum absolute atomic E-state index is 0.0332. The number of aromatic hydroxyl groups is 1. The first kappa shape index (κ1) is 27.3. The average molecular weight is 557 g/mol. The summed E-state index contributed by atoms with van der Waals surface area (Å²) in [5.74, 6) is 1.79. The van der Waals surface area contributed by atoms with Crippen LogP contribution in [0.4, 0.5) is 11.5 Å². The van der Waals surface area contributed by atoms with Crippen LogP contribution < -0.4 is 14.5 Å². The van der Waals surface area contributed by atoms with E-state index in [0.717, 1.165) is 59.5 Å². The maximum Gasteiger partial charge on any atom is 0.318 e. The Labute approximate surface area is 242 Å². The molecule has 0 saturated carbocycles. The van der Waals surface area contributed by atoms with Gasteiger partial charge in [-0.3, -0.25) is 9.69 Å². The number of likely N-dealkylation sites (N-methyl/N-ethyl adjacent to an activating group) is 1. The predicted molar refractivity (Wildman–Crippen MR) is 162 cm³/mol. The molecule has 0 spiro atoms. The molecule has 216 valence electrons. The quantitative estimate of drug-likeness (QED) is 0.459. The fraction of sp³-hybridized carbons (Fsp3) is 0.469. The Balaban J connectivity index is 1.33. The lowest BCUT2D eigenvalue weighted by atomic mass is 10.0. The number of hydrogen-bond acceptors (Lipinski definition) is 8. The lowest BCUT2D eigenvalue weighted by Crippen LogP contribution is -2.54. The van der Waals surface area contributed by atoms with Gasteiger partial charge in [-0.15, -0.1) is 0 Å².